The number of nitrogens with two attached hydrogens (primary N) is 1. The third-order valence-electron chi connectivity index (χ3n) is 3.70. The number of hydrogen-bond donors (Lipinski definition) is 2. The Morgan fingerprint density at radius 1 is 1.36 bits per heavy atom. The highest BCUT2D eigenvalue weighted by Gasteiger charge is 2.41. The first-order valence-electron chi connectivity index (χ1n) is 4.77. The van der Waals surface area contributed by atoms with Crippen molar-refractivity contribution in [1.82, 2.24) is 5.43 Å². The minimum Gasteiger partial charge on any atom is -0.271 e. The van der Waals surface area contributed by atoms with Crippen molar-refractivity contribution >= 4 is 0 Å². The molecule has 2 aliphatic carbocycles. The molecule has 0 aromatic heterocycles. The van der Waals surface area contributed by atoms with Crippen LogP contribution < -0.4 is 11.3 Å². The quantitative estimate of drug-likeness (QED) is 0.464. The van der Waals surface area contributed by atoms with Crippen molar-refractivity contribution in [3.05, 3.63) is 0 Å². The number of nitrogens with one attached hydrogen (secondary N) is 1. The molecule has 4 atom stereocenters. The van der Waals surface area contributed by atoms with E-state index >= 15 is 0 Å². The smallest absolute Gasteiger partial charge is 0.0213 e. The van der Waals surface area contributed by atoms with Gasteiger partial charge in [0.1, 0.15) is 0 Å². The van der Waals surface area contributed by atoms with Crippen molar-refractivity contribution in [2.75, 3.05) is 0 Å². The van der Waals surface area contributed by atoms with Crippen LogP contribution in [0.3, 0.4) is 0 Å². The van der Waals surface area contributed by atoms with Gasteiger partial charge in [0, 0.05) is 6.04 Å². The molecule has 2 saturated carbocycles. The van der Waals surface area contributed by atoms with Gasteiger partial charge in [-0.2, -0.15) is 0 Å². The molecule has 2 nitrogen and oxygen atoms in total. The Hall–Kier alpha value is -0.0800. The summed E-state index contributed by atoms with van der Waals surface area (Å²) in [7, 11) is 0. The van der Waals surface area contributed by atoms with Gasteiger partial charge in [-0.25, -0.2) is 0 Å². The summed E-state index contributed by atoms with van der Waals surface area (Å²) >= 11 is 0. The van der Waals surface area contributed by atoms with Crippen molar-refractivity contribution in [2.24, 2.45) is 23.6 Å². The van der Waals surface area contributed by atoms with Gasteiger partial charge in [0.15, 0.2) is 0 Å². The first kappa shape index (κ1) is 7.56. The summed E-state index contributed by atoms with van der Waals surface area (Å²) in [5.41, 5.74) is 2.89. The molecule has 0 spiro atoms. The minimum absolute atomic E-state index is 0.533. The van der Waals surface area contributed by atoms with Crippen LogP contribution in [0.4, 0.5) is 0 Å². The van der Waals surface area contributed by atoms with E-state index in [0.29, 0.717) is 6.04 Å². The summed E-state index contributed by atoms with van der Waals surface area (Å²) < 4.78 is 0. The van der Waals surface area contributed by atoms with E-state index in [-0.39, 0.29) is 0 Å². The molecular weight excluding hydrogens is 136 g/mol. The molecule has 64 valence electrons. The van der Waals surface area contributed by atoms with Gasteiger partial charge in [0.25, 0.3) is 0 Å². The van der Waals surface area contributed by atoms with E-state index in [2.05, 4.69) is 12.3 Å². The summed E-state index contributed by atoms with van der Waals surface area (Å²) in [6.07, 6.45) is 5.85. The number of fused-ring (bicyclic) bond motifs is 2. The second-order valence-electron chi connectivity index (χ2n) is 4.29. The van der Waals surface area contributed by atoms with Gasteiger partial charge < -0.3 is 0 Å². The lowest BCUT2D eigenvalue weighted by Gasteiger charge is -2.26. The van der Waals surface area contributed by atoms with Crippen LogP contribution in [0.15, 0.2) is 0 Å². The molecule has 2 fully saturated rings. The van der Waals surface area contributed by atoms with E-state index < -0.39 is 0 Å². The zero-order chi connectivity index (χ0) is 7.84. The molecular formula is C9H18N2. The van der Waals surface area contributed by atoms with Crippen LogP contribution in [0.2, 0.25) is 0 Å². The average Bonchev–Trinajstić information content (AvgIpc) is 2.62. The number of hydrogen-bond acceptors (Lipinski definition) is 2. The molecule has 2 bridgehead atoms. The largest absolute Gasteiger partial charge is 0.271 e. The summed E-state index contributed by atoms with van der Waals surface area (Å²) in [4.78, 5) is 0. The van der Waals surface area contributed by atoms with Gasteiger partial charge in [-0.15, -0.1) is 0 Å². The molecule has 2 aliphatic rings. The normalized spacial score (nSPS) is 44.7. The van der Waals surface area contributed by atoms with Crippen molar-refractivity contribution in [3.8, 4) is 0 Å². The Morgan fingerprint density at radius 3 is 2.64 bits per heavy atom. The fraction of sp³-hybridized carbons (Fsp3) is 1.00. The summed E-state index contributed by atoms with van der Waals surface area (Å²) in [6.45, 7) is 2.21. The second kappa shape index (κ2) is 2.76. The maximum atomic E-state index is 5.43. The van der Waals surface area contributed by atoms with E-state index in [4.69, 9.17) is 5.84 Å². The first-order valence-corrected chi connectivity index (χ1v) is 4.77. The molecule has 0 saturated heterocycles. The Bertz CT molecular complexity index is 146. The van der Waals surface area contributed by atoms with Gasteiger partial charge in [-0.3, -0.25) is 11.3 Å². The molecule has 0 aromatic carbocycles. The van der Waals surface area contributed by atoms with Crippen molar-refractivity contribution in [1.29, 1.82) is 0 Å². The fourth-order valence-electron chi connectivity index (χ4n) is 3.03. The van der Waals surface area contributed by atoms with Crippen LogP contribution in [0, 0.1) is 17.8 Å². The molecule has 2 rings (SSSR count). The van der Waals surface area contributed by atoms with Crippen LogP contribution >= 0.6 is 0 Å². The van der Waals surface area contributed by atoms with Gasteiger partial charge in [-0.05, 0) is 43.9 Å². The molecule has 3 N–H and O–H groups in total. The third-order valence-corrected chi connectivity index (χ3v) is 3.70. The van der Waals surface area contributed by atoms with E-state index in [1.807, 2.05) is 0 Å². The topological polar surface area (TPSA) is 38.0 Å². The lowest BCUT2D eigenvalue weighted by Crippen LogP contribution is -2.40. The molecule has 0 heterocycles. The van der Waals surface area contributed by atoms with Gasteiger partial charge in [0.05, 0.1) is 0 Å². The Kier molecular flexibility index (Phi) is 1.90. The van der Waals surface area contributed by atoms with Crippen molar-refractivity contribution in [3.63, 3.8) is 0 Å². The van der Waals surface area contributed by atoms with Gasteiger partial charge >= 0.3 is 0 Å². The van der Waals surface area contributed by atoms with Gasteiger partial charge in [-0.1, -0.05) is 6.42 Å². The van der Waals surface area contributed by atoms with E-state index in [0.717, 1.165) is 17.8 Å². The van der Waals surface area contributed by atoms with Crippen LogP contribution in [0.5, 0.6) is 0 Å². The molecule has 2 heteroatoms. The Labute approximate surface area is 68.5 Å². The van der Waals surface area contributed by atoms with Gasteiger partial charge in [0.2, 0.25) is 0 Å². The molecule has 0 aromatic rings. The molecule has 0 radical (unpaired) electrons. The summed E-state index contributed by atoms with van der Waals surface area (Å²) in [5, 5.41) is 0. The highest BCUT2D eigenvalue weighted by atomic mass is 15.2. The van der Waals surface area contributed by atoms with Crippen molar-refractivity contribution < 1.29 is 0 Å². The molecule has 0 amide bonds. The SMILES string of the molecule is C[C@H](NN)[C@H]1C[C@@H]2CC[C@@H]1C2. The molecule has 0 aliphatic heterocycles. The minimum atomic E-state index is 0.533. The number of rotatable bonds is 2. The van der Waals surface area contributed by atoms with Crippen molar-refractivity contribution in [2.45, 2.75) is 38.6 Å². The predicted molar refractivity (Wildman–Crippen MR) is 45.7 cm³/mol. The Morgan fingerprint density at radius 2 is 2.18 bits per heavy atom. The lowest BCUT2D eigenvalue weighted by molar-refractivity contribution is 0.262. The molecule has 11 heavy (non-hydrogen) atoms. The van der Waals surface area contributed by atoms with Crippen LogP contribution in [0.25, 0.3) is 0 Å². The lowest BCUT2D eigenvalue weighted by atomic mass is 9.84. The van der Waals surface area contributed by atoms with Crippen LogP contribution in [0.1, 0.15) is 32.6 Å². The predicted octanol–water partition coefficient (Wildman–Crippen LogP) is 1.27. The maximum Gasteiger partial charge on any atom is 0.0213 e. The van der Waals surface area contributed by atoms with E-state index in [9.17, 15) is 0 Å². The average molecular weight is 154 g/mol. The zero-order valence-corrected chi connectivity index (χ0v) is 7.22. The van der Waals surface area contributed by atoms with Crippen LogP contribution in [-0.4, -0.2) is 6.04 Å². The zero-order valence-electron chi connectivity index (χ0n) is 7.22. The summed E-state index contributed by atoms with van der Waals surface area (Å²) in [5.74, 6) is 8.34. The summed E-state index contributed by atoms with van der Waals surface area (Å²) in [6, 6.07) is 0.533. The highest BCUT2D eigenvalue weighted by Crippen LogP contribution is 2.49. The van der Waals surface area contributed by atoms with E-state index in [1.54, 1.807) is 0 Å². The fourth-order valence-corrected chi connectivity index (χ4v) is 3.03. The number of hydrazine groups is 1. The van der Waals surface area contributed by atoms with E-state index in [1.165, 1.54) is 25.7 Å². The highest BCUT2D eigenvalue weighted by molar-refractivity contribution is 4.93. The second-order valence-corrected chi connectivity index (χ2v) is 4.29. The van der Waals surface area contributed by atoms with Crippen LogP contribution in [-0.2, 0) is 0 Å². The Balaban J connectivity index is 1.96. The standard InChI is InChI=1S/C9H18N2/c1-6(11-10)9-5-7-2-3-8(9)4-7/h6-9,11H,2-5,10H2,1H3/t6-,7+,8+,9+/m0/s1. The third kappa shape index (κ3) is 1.18. The monoisotopic (exact) mass is 154 g/mol. The first-order chi connectivity index (χ1) is 5.31. The molecule has 0 unspecified atom stereocenters. The maximum absolute atomic E-state index is 5.43.